The third-order valence-electron chi connectivity index (χ3n) is 4.48. The highest BCUT2D eigenvalue weighted by atomic mass is 28.1. The molecule has 2 rings (SSSR count). The molecule has 6 heteroatoms. The van der Waals surface area contributed by atoms with Crippen molar-refractivity contribution in [3.8, 4) is 0 Å². The summed E-state index contributed by atoms with van der Waals surface area (Å²) in [7, 11) is 0.803. The van der Waals surface area contributed by atoms with Gasteiger partial charge in [0.1, 0.15) is 0 Å². The van der Waals surface area contributed by atoms with Crippen LogP contribution in [-0.2, 0) is 23.8 Å². The minimum atomic E-state index is -1.09. The fourth-order valence-electron chi connectivity index (χ4n) is 3.29. The van der Waals surface area contributed by atoms with Gasteiger partial charge in [-0.3, -0.25) is 9.59 Å². The molecule has 20 heavy (non-hydrogen) atoms. The minimum absolute atomic E-state index is 0.0431. The lowest BCUT2D eigenvalue weighted by molar-refractivity contribution is -0.251. The van der Waals surface area contributed by atoms with Crippen LogP contribution in [0, 0.1) is 5.92 Å². The zero-order valence-corrected chi connectivity index (χ0v) is 14.7. The van der Waals surface area contributed by atoms with Crippen LogP contribution in [0.1, 0.15) is 46.5 Å². The first-order valence-electron chi connectivity index (χ1n) is 7.43. The summed E-state index contributed by atoms with van der Waals surface area (Å²) in [5.41, 5.74) is 0.0931. The summed E-state index contributed by atoms with van der Waals surface area (Å²) in [6.45, 7) is 4.79. The van der Waals surface area contributed by atoms with Crippen molar-refractivity contribution >= 4 is 22.2 Å². The molecular formula is C14H24O5Si. The highest BCUT2D eigenvalue weighted by molar-refractivity contribution is 6.12. The SMILES string of the molecule is CCC([SiH3])C(OC(C)=O)(OC(C)=O)C1CCC2OC2C1. The molecule has 0 N–H and O–H groups in total. The third kappa shape index (κ3) is 3.06. The van der Waals surface area contributed by atoms with E-state index >= 15 is 0 Å². The van der Waals surface area contributed by atoms with E-state index in [-0.39, 0.29) is 29.5 Å². The molecule has 0 aromatic rings. The molecule has 1 saturated heterocycles. The summed E-state index contributed by atoms with van der Waals surface area (Å²) in [4.78, 5) is 23.1. The first-order valence-corrected chi connectivity index (χ1v) is 8.59. The van der Waals surface area contributed by atoms with Crippen LogP contribution >= 0.6 is 0 Å². The van der Waals surface area contributed by atoms with Crippen LogP contribution in [0.5, 0.6) is 0 Å². The molecule has 0 aromatic heterocycles. The van der Waals surface area contributed by atoms with Crippen molar-refractivity contribution in [1.82, 2.24) is 0 Å². The maximum atomic E-state index is 11.6. The van der Waals surface area contributed by atoms with Crippen molar-refractivity contribution in [3.63, 3.8) is 0 Å². The van der Waals surface area contributed by atoms with Gasteiger partial charge in [0.05, 0.1) is 12.2 Å². The number of carbonyl (C=O) groups is 2. The maximum absolute atomic E-state index is 11.6. The van der Waals surface area contributed by atoms with E-state index in [0.29, 0.717) is 6.10 Å². The summed E-state index contributed by atoms with van der Waals surface area (Å²) >= 11 is 0. The first-order chi connectivity index (χ1) is 9.39. The monoisotopic (exact) mass is 300 g/mol. The Morgan fingerprint density at radius 1 is 1.25 bits per heavy atom. The lowest BCUT2D eigenvalue weighted by Gasteiger charge is -2.43. The Balaban J connectivity index is 2.26. The van der Waals surface area contributed by atoms with Crippen LogP contribution in [-0.4, -0.2) is 40.2 Å². The molecule has 0 radical (unpaired) electrons. The maximum Gasteiger partial charge on any atom is 0.305 e. The topological polar surface area (TPSA) is 65.1 Å². The molecular weight excluding hydrogens is 276 g/mol. The van der Waals surface area contributed by atoms with Gasteiger partial charge in [-0.25, -0.2) is 0 Å². The van der Waals surface area contributed by atoms with E-state index < -0.39 is 5.79 Å². The molecule has 4 atom stereocenters. The van der Waals surface area contributed by atoms with Gasteiger partial charge in [0, 0.05) is 35.5 Å². The Bertz CT molecular complexity index is 381. The lowest BCUT2D eigenvalue weighted by atomic mass is 9.80. The smallest absolute Gasteiger partial charge is 0.305 e. The second kappa shape index (κ2) is 5.85. The molecule has 0 spiro atoms. The van der Waals surface area contributed by atoms with Gasteiger partial charge in [-0.1, -0.05) is 6.92 Å². The number of fused-ring (bicyclic) bond motifs is 1. The fourth-order valence-corrected chi connectivity index (χ4v) is 4.00. The van der Waals surface area contributed by atoms with Crippen molar-refractivity contribution < 1.29 is 23.8 Å². The van der Waals surface area contributed by atoms with E-state index in [9.17, 15) is 9.59 Å². The van der Waals surface area contributed by atoms with Crippen LogP contribution in [0.15, 0.2) is 0 Å². The molecule has 2 fully saturated rings. The van der Waals surface area contributed by atoms with Gasteiger partial charge in [-0.15, -0.1) is 0 Å². The molecule has 1 aliphatic carbocycles. The average Bonchev–Trinajstić information content (AvgIpc) is 3.13. The van der Waals surface area contributed by atoms with Gasteiger partial charge in [0.2, 0.25) is 0 Å². The van der Waals surface area contributed by atoms with Crippen molar-refractivity contribution in [1.29, 1.82) is 0 Å². The molecule has 1 saturated carbocycles. The summed E-state index contributed by atoms with van der Waals surface area (Å²) in [5, 5.41) is 0. The Labute approximate surface area is 122 Å². The van der Waals surface area contributed by atoms with Crippen molar-refractivity contribution in [3.05, 3.63) is 0 Å². The Hall–Kier alpha value is -0.883. The number of carbonyl (C=O) groups excluding carboxylic acids is 2. The zero-order valence-electron chi connectivity index (χ0n) is 12.7. The van der Waals surface area contributed by atoms with Gasteiger partial charge < -0.3 is 14.2 Å². The van der Waals surface area contributed by atoms with Crippen molar-refractivity contribution in [2.75, 3.05) is 0 Å². The number of hydrogen-bond acceptors (Lipinski definition) is 5. The molecule has 1 aliphatic heterocycles. The van der Waals surface area contributed by atoms with Crippen LogP contribution < -0.4 is 0 Å². The lowest BCUT2D eigenvalue weighted by Crippen LogP contribution is -2.51. The van der Waals surface area contributed by atoms with Crippen LogP contribution in [0.25, 0.3) is 0 Å². The van der Waals surface area contributed by atoms with E-state index in [1.807, 2.05) is 6.92 Å². The second-order valence-electron chi connectivity index (χ2n) is 5.94. The Morgan fingerprint density at radius 2 is 1.85 bits per heavy atom. The number of esters is 2. The Morgan fingerprint density at radius 3 is 2.30 bits per heavy atom. The molecule has 114 valence electrons. The average molecular weight is 300 g/mol. The normalized spacial score (nSPS) is 30.2. The number of rotatable bonds is 5. The number of epoxide rings is 1. The second-order valence-corrected chi connectivity index (χ2v) is 7.33. The van der Waals surface area contributed by atoms with Crippen molar-refractivity contribution in [2.24, 2.45) is 5.92 Å². The highest BCUT2D eigenvalue weighted by Crippen LogP contribution is 2.49. The summed E-state index contributed by atoms with van der Waals surface area (Å²) < 4.78 is 16.8. The molecule has 0 amide bonds. The summed E-state index contributed by atoms with van der Waals surface area (Å²) in [6.07, 6.45) is 4.10. The zero-order chi connectivity index (χ0) is 14.9. The van der Waals surface area contributed by atoms with E-state index in [2.05, 4.69) is 0 Å². The quantitative estimate of drug-likeness (QED) is 0.327. The minimum Gasteiger partial charge on any atom is -0.422 e. The molecule has 5 nitrogen and oxygen atoms in total. The number of hydrogen-bond donors (Lipinski definition) is 0. The van der Waals surface area contributed by atoms with E-state index in [1.165, 1.54) is 13.8 Å². The third-order valence-corrected chi connectivity index (χ3v) is 6.10. The standard InChI is InChI=1S/C14H24O5Si/c1-4-13(20)14(18-8(2)15,19-9(3)16)10-5-6-11-12(7-10)17-11/h10-13H,4-7H2,1-3,20H3. The first kappa shape index (κ1) is 15.5. The fraction of sp³-hybridized carbons (Fsp3) is 0.857. The number of ether oxygens (including phenoxy) is 3. The van der Waals surface area contributed by atoms with Gasteiger partial charge in [0.15, 0.2) is 0 Å². The van der Waals surface area contributed by atoms with Crippen molar-refractivity contribution in [2.45, 2.75) is 70.0 Å². The van der Waals surface area contributed by atoms with E-state index in [1.54, 1.807) is 0 Å². The van der Waals surface area contributed by atoms with Gasteiger partial charge in [-0.2, -0.15) is 0 Å². The van der Waals surface area contributed by atoms with Gasteiger partial charge in [-0.05, 0) is 25.7 Å². The highest BCUT2D eigenvalue weighted by Gasteiger charge is 2.55. The van der Waals surface area contributed by atoms with Gasteiger partial charge >= 0.3 is 11.9 Å². The molecule has 0 bridgehead atoms. The predicted octanol–water partition coefficient (Wildman–Crippen LogP) is 0.940. The van der Waals surface area contributed by atoms with Crippen LogP contribution in [0.4, 0.5) is 0 Å². The van der Waals surface area contributed by atoms with E-state index in [4.69, 9.17) is 14.2 Å². The molecule has 4 unspecified atom stereocenters. The Kier molecular flexibility index (Phi) is 4.54. The van der Waals surface area contributed by atoms with Gasteiger partial charge in [0.25, 0.3) is 5.79 Å². The largest absolute Gasteiger partial charge is 0.422 e. The summed E-state index contributed by atoms with van der Waals surface area (Å²) in [6, 6.07) is 0. The van der Waals surface area contributed by atoms with E-state index in [0.717, 1.165) is 35.9 Å². The molecule has 0 aromatic carbocycles. The van der Waals surface area contributed by atoms with Crippen LogP contribution in [0.2, 0.25) is 5.54 Å². The summed E-state index contributed by atoms with van der Waals surface area (Å²) in [5.74, 6) is -1.82. The molecule has 2 aliphatic rings. The van der Waals surface area contributed by atoms with Crippen LogP contribution in [0.3, 0.4) is 0 Å². The molecule has 1 heterocycles. The predicted molar refractivity (Wildman–Crippen MR) is 76.2 cm³/mol.